The van der Waals surface area contributed by atoms with Crippen molar-refractivity contribution >= 4 is 39.2 Å². The predicted octanol–water partition coefficient (Wildman–Crippen LogP) is 5.03. The first-order valence-corrected chi connectivity index (χ1v) is 8.20. The van der Waals surface area contributed by atoms with Crippen LogP contribution in [0.5, 0.6) is 5.75 Å². The van der Waals surface area contributed by atoms with Gasteiger partial charge in [-0.3, -0.25) is 5.10 Å². The monoisotopic (exact) mass is 392 g/mol. The van der Waals surface area contributed by atoms with E-state index in [2.05, 4.69) is 36.4 Å². The lowest BCUT2D eigenvalue weighted by atomic mass is 10.2. The normalized spacial score (nSPS) is 10.6. The summed E-state index contributed by atoms with van der Waals surface area (Å²) in [5.74, 6) is 1.97. The van der Waals surface area contributed by atoms with Crippen molar-refractivity contribution in [1.29, 1.82) is 0 Å². The zero-order valence-corrected chi connectivity index (χ0v) is 14.6. The van der Waals surface area contributed by atoms with Crippen molar-refractivity contribution < 1.29 is 4.74 Å². The summed E-state index contributed by atoms with van der Waals surface area (Å²) in [6, 6.07) is 13.1. The first-order chi connectivity index (χ1) is 11.2. The standard InChI is InChI=1S/C16H14BrClN4O/c1-2-23-14-8-3-10(9-13(14)17)15-20-16(22-21-15)19-12-6-4-11(18)5-7-12/h3-9H,2H2,1H3,(H2,19,20,21,22). The highest BCUT2D eigenvalue weighted by Gasteiger charge is 2.09. The summed E-state index contributed by atoms with van der Waals surface area (Å²) in [5, 5.41) is 10.9. The maximum Gasteiger partial charge on any atom is 0.246 e. The van der Waals surface area contributed by atoms with Gasteiger partial charge in [0.05, 0.1) is 11.1 Å². The SMILES string of the molecule is CCOc1ccc(-c2nc(Nc3ccc(Cl)cc3)n[nH]2)cc1Br. The van der Waals surface area contributed by atoms with Crippen molar-refractivity contribution in [2.45, 2.75) is 6.92 Å². The number of rotatable bonds is 5. The number of nitrogens with one attached hydrogen (secondary N) is 2. The van der Waals surface area contributed by atoms with E-state index in [0.29, 0.717) is 23.4 Å². The Kier molecular flexibility index (Phi) is 4.83. The lowest BCUT2D eigenvalue weighted by Crippen LogP contribution is -1.93. The van der Waals surface area contributed by atoms with Crippen LogP contribution < -0.4 is 10.1 Å². The zero-order valence-electron chi connectivity index (χ0n) is 12.3. The Hall–Kier alpha value is -2.05. The maximum absolute atomic E-state index is 5.87. The van der Waals surface area contributed by atoms with Gasteiger partial charge in [-0.1, -0.05) is 11.6 Å². The van der Waals surface area contributed by atoms with Gasteiger partial charge in [0.2, 0.25) is 5.95 Å². The van der Waals surface area contributed by atoms with E-state index in [4.69, 9.17) is 16.3 Å². The van der Waals surface area contributed by atoms with Gasteiger partial charge >= 0.3 is 0 Å². The van der Waals surface area contributed by atoms with Gasteiger partial charge in [0.15, 0.2) is 5.82 Å². The van der Waals surface area contributed by atoms with Gasteiger partial charge < -0.3 is 10.1 Å². The average Bonchev–Trinajstić information content (AvgIpc) is 3.00. The summed E-state index contributed by atoms with van der Waals surface area (Å²) in [6.07, 6.45) is 0. The minimum atomic E-state index is 0.493. The molecule has 0 unspecified atom stereocenters. The minimum absolute atomic E-state index is 0.493. The highest BCUT2D eigenvalue weighted by Crippen LogP contribution is 2.30. The third-order valence-corrected chi connectivity index (χ3v) is 3.96. The fourth-order valence-electron chi connectivity index (χ4n) is 2.03. The van der Waals surface area contributed by atoms with E-state index < -0.39 is 0 Å². The molecule has 5 nitrogen and oxygen atoms in total. The molecular weight excluding hydrogens is 380 g/mol. The number of aromatic nitrogens is 3. The lowest BCUT2D eigenvalue weighted by Gasteiger charge is -2.06. The van der Waals surface area contributed by atoms with E-state index in [1.54, 1.807) is 12.1 Å². The number of H-pyrrole nitrogens is 1. The molecule has 3 aromatic rings. The third-order valence-electron chi connectivity index (χ3n) is 3.09. The highest BCUT2D eigenvalue weighted by molar-refractivity contribution is 9.10. The van der Waals surface area contributed by atoms with E-state index in [1.807, 2.05) is 37.3 Å². The molecule has 2 aromatic carbocycles. The van der Waals surface area contributed by atoms with Gasteiger partial charge in [-0.25, -0.2) is 0 Å². The number of benzene rings is 2. The van der Waals surface area contributed by atoms with Crippen molar-refractivity contribution in [3.63, 3.8) is 0 Å². The molecule has 3 rings (SSSR count). The molecule has 1 heterocycles. The number of anilines is 2. The first-order valence-electron chi connectivity index (χ1n) is 7.03. The Labute approximate surface area is 147 Å². The molecule has 0 spiro atoms. The minimum Gasteiger partial charge on any atom is -0.493 e. The molecular formula is C16H14BrClN4O. The second-order valence-electron chi connectivity index (χ2n) is 4.72. The molecule has 0 atom stereocenters. The van der Waals surface area contributed by atoms with Gasteiger partial charge in [0.1, 0.15) is 5.75 Å². The molecule has 118 valence electrons. The molecule has 0 aliphatic rings. The van der Waals surface area contributed by atoms with E-state index in [-0.39, 0.29) is 0 Å². The Morgan fingerprint density at radius 1 is 1.22 bits per heavy atom. The number of hydrogen-bond acceptors (Lipinski definition) is 4. The topological polar surface area (TPSA) is 62.8 Å². The third kappa shape index (κ3) is 3.83. The van der Waals surface area contributed by atoms with Crippen LogP contribution in [0.2, 0.25) is 5.02 Å². The molecule has 2 N–H and O–H groups in total. The Morgan fingerprint density at radius 2 is 2.00 bits per heavy atom. The summed E-state index contributed by atoms with van der Waals surface area (Å²) >= 11 is 9.37. The summed E-state index contributed by atoms with van der Waals surface area (Å²) in [6.45, 7) is 2.57. The van der Waals surface area contributed by atoms with Crippen LogP contribution in [0.25, 0.3) is 11.4 Å². The lowest BCUT2D eigenvalue weighted by molar-refractivity contribution is 0.338. The molecule has 0 amide bonds. The van der Waals surface area contributed by atoms with Crippen LogP contribution in [-0.4, -0.2) is 21.8 Å². The van der Waals surface area contributed by atoms with Crippen LogP contribution in [0.15, 0.2) is 46.9 Å². The maximum atomic E-state index is 5.87. The van der Waals surface area contributed by atoms with Gasteiger partial charge in [-0.2, -0.15) is 4.98 Å². The second-order valence-corrected chi connectivity index (χ2v) is 6.01. The molecule has 0 aliphatic carbocycles. The average molecular weight is 394 g/mol. The van der Waals surface area contributed by atoms with Crippen LogP contribution in [0.4, 0.5) is 11.6 Å². The van der Waals surface area contributed by atoms with Crippen molar-refractivity contribution in [2.24, 2.45) is 0 Å². The summed E-state index contributed by atoms with van der Waals surface area (Å²) < 4.78 is 6.38. The largest absolute Gasteiger partial charge is 0.493 e. The molecule has 23 heavy (non-hydrogen) atoms. The molecule has 0 aliphatic heterocycles. The van der Waals surface area contributed by atoms with Crippen molar-refractivity contribution in [3.05, 3.63) is 52.0 Å². The number of hydrogen-bond donors (Lipinski definition) is 2. The van der Waals surface area contributed by atoms with Crippen molar-refractivity contribution in [3.8, 4) is 17.1 Å². The number of nitrogens with zero attached hydrogens (tertiary/aromatic N) is 2. The van der Waals surface area contributed by atoms with Crippen LogP contribution in [0.3, 0.4) is 0 Å². The predicted molar refractivity (Wildman–Crippen MR) is 95.4 cm³/mol. The fraction of sp³-hybridized carbons (Fsp3) is 0.125. The summed E-state index contributed by atoms with van der Waals surface area (Å²) in [4.78, 5) is 4.44. The second kappa shape index (κ2) is 7.02. The van der Waals surface area contributed by atoms with Crippen LogP contribution >= 0.6 is 27.5 Å². The molecule has 0 saturated heterocycles. The van der Waals surface area contributed by atoms with Gasteiger partial charge in [0, 0.05) is 16.3 Å². The molecule has 0 saturated carbocycles. The fourth-order valence-corrected chi connectivity index (χ4v) is 2.65. The molecule has 0 fully saturated rings. The van der Waals surface area contributed by atoms with E-state index >= 15 is 0 Å². The van der Waals surface area contributed by atoms with Crippen LogP contribution in [0, 0.1) is 0 Å². The van der Waals surface area contributed by atoms with E-state index in [1.165, 1.54) is 0 Å². The number of halogens is 2. The smallest absolute Gasteiger partial charge is 0.246 e. The number of aromatic amines is 1. The van der Waals surface area contributed by atoms with Gasteiger partial charge in [-0.05, 0) is 65.3 Å². The molecule has 1 aromatic heterocycles. The molecule has 0 bridgehead atoms. The molecule has 0 radical (unpaired) electrons. The summed E-state index contributed by atoms with van der Waals surface area (Å²) in [5.41, 5.74) is 1.78. The van der Waals surface area contributed by atoms with Crippen LogP contribution in [0.1, 0.15) is 6.92 Å². The van der Waals surface area contributed by atoms with Gasteiger partial charge in [0.25, 0.3) is 0 Å². The van der Waals surface area contributed by atoms with Gasteiger partial charge in [-0.15, -0.1) is 5.10 Å². The zero-order chi connectivity index (χ0) is 16.2. The van der Waals surface area contributed by atoms with Crippen molar-refractivity contribution in [1.82, 2.24) is 15.2 Å². The summed E-state index contributed by atoms with van der Waals surface area (Å²) in [7, 11) is 0. The number of ether oxygens (including phenoxy) is 1. The Balaban J connectivity index is 1.78. The van der Waals surface area contributed by atoms with Crippen LogP contribution in [-0.2, 0) is 0 Å². The quantitative estimate of drug-likeness (QED) is 0.638. The van der Waals surface area contributed by atoms with E-state index in [0.717, 1.165) is 21.5 Å². The first kappa shape index (κ1) is 15.8. The molecule has 7 heteroatoms. The van der Waals surface area contributed by atoms with Crippen molar-refractivity contribution in [2.75, 3.05) is 11.9 Å². The Morgan fingerprint density at radius 3 is 2.70 bits per heavy atom. The highest BCUT2D eigenvalue weighted by atomic mass is 79.9. The van der Waals surface area contributed by atoms with E-state index in [9.17, 15) is 0 Å². The Bertz CT molecular complexity index is 804.